The van der Waals surface area contributed by atoms with Crippen LogP contribution < -0.4 is 0 Å². The highest BCUT2D eigenvalue weighted by molar-refractivity contribution is 5.60. The molecule has 0 heterocycles. The molecule has 0 aromatic heterocycles. The van der Waals surface area contributed by atoms with Crippen molar-refractivity contribution >= 4 is 6.08 Å². The van der Waals surface area contributed by atoms with E-state index in [1.165, 1.54) is 37.7 Å². The van der Waals surface area contributed by atoms with Gasteiger partial charge in [-0.05, 0) is 37.3 Å². The monoisotopic (exact) mass is 196 g/mol. The average molecular weight is 196 g/mol. The first-order valence-corrected chi connectivity index (χ1v) is 5.65. The van der Waals surface area contributed by atoms with Gasteiger partial charge in [-0.1, -0.05) is 42.2 Å². The van der Waals surface area contributed by atoms with Gasteiger partial charge in [-0.25, -0.2) is 0 Å². The molecular weight excluding hydrogens is 180 g/mol. The van der Waals surface area contributed by atoms with Crippen molar-refractivity contribution in [1.29, 1.82) is 0 Å². The van der Waals surface area contributed by atoms with Gasteiger partial charge in [-0.15, -0.1) is 6.42 Å². The van der Waals surface area contributed by atoms with E-state index in [0.29, 0.717) is 0 Å². The minimum Gasteiger partial charge on any atom is -0.115 e. The predicted molar refractivity (Wildman–Crippen MR) is 65.4 cm³/mol. The Morgan fingerprint density at radius 1 is 1.07 bits per heavy atom. The van der Waals surface area contributed by atoms with Gasteiger partial charge in [0.2, 0.25) is 0 Å². The summed E-state index contributed by atoms with van der Waals surface area (Å²) in [7, 11) is 0. The molecular formula is C15H16. The molecule has 0 radical (unpaired) electrons. The van der Waals surface area contributed by atoms with Gasteiger partial charge < -0.3 is 0 Å². The number of terminal acetylenes is 1. The zero-order valence-corrected chi connectivity index (χ0v) is 9.00. The zero-order valence-electron chi connectivity index (χ0n) is 9.00. The van der Waals surface area contributed by atoms with E-state index in [9.17, 15) is 0 Å². The Morgan fingerprint density at radius 3 is 2.53 bits per heavy atom. The molecule has 0 saturated heterocycles. The maximum atomic E-state index is 5.48. The molecule has 76 valence electrons. The minimum atomic E-state index is 1.01. The third-order valence-electron chi connectivity index (χ3n) is 2.97. The summed E-state index contributed by atoms with van der Waals surface area (Å²) < 4.78 is 0. The van der Waals surface area contributed by atoms with Crippen LogP contribution in [-0.2, 0) is 0 Å². The van der Waals surface area contributed by atoms with Crippen LogP contribution in [0.1, 0.15) is 43.2 Å². The van der Waals surface area contributed by atoms with Gasteiger partial charge in [-0.3, -0.25) is 0 Å². The van der Waals surface area contributed by atoms with Crippen LogP contribution in [0, 0.1) is 12.3 Å². The Balaban J connectivity index is 2.26. The third kappa shape index (κ3) is 2.50. The summed E-state index contributed by atoms with van der Waals surface area (Å²) in [6.07, 6.45) is 14.3. The molecule has 0 N–H and O–H groups in total. The van der Waals surface area contributed by atoms with Crippen LogP contribution >= 0.6 is 0 Å². The largest absolute Gasteiger partial charge is 0.115 e. The Bertz CT molecular complexity index is 396. The summed E-state index contributed by atoms with van der Waals surface area (Å²) in [6.45, 7) is 0. The lowest BCUT2D eigenvalue weighted by Gasteiger charge is -2.13. The van der Waals surface area contributed by atoms with Crippen molar-refractivity contribution in [3.8, 4) is 12.3 Å². The van der Waals surface area contributed by atoms with E-state index in [2.05, 4.69) is 24.1 Å². The third-order valence-corrected chi connectivity index (χ3v) is 2.97. The van der Waals surface area contributed by atoms with Crippen LogP contribution in [0.2, 0.25) is 0 Å². The molecule has 0 atom stereocenters. The zero-order chi connectivity index (χ0) is 10.5. The van der Waals surface area contributed by atoms with E-state index in [1.807, 2.05) is 12.1 Å². The van der Waals surface area contributed by atoms with E-state index in [-0.39, 0.29) is 0 Å². The highest BCUT2D eigenvalue weighted by Crippen LogP contribution is 2.25. The first kappa shape index (κ1) is 10.1. The van der Waals surface area contributed by atoms with Gasteiger partial charge in [0.15, 0.2) is 0 Å². The van der Waals surface area contributed by atoms with Crippen LogP contribution in [0.25, 0.3) is 6.08 Å². The lowest BCUT2D eigenvalue weighted by Crippen LogP contribution is -1.93. The first-order chi connectivity index (χ1) is 7.40. The Morgan fingerprint density at radius 2 is 1.80 bits per heavy atom. The average Bonchev–Trinajstić information content (AvgIpc) is 2.31. The summed E-state index contributed by atoms with van der Waals surface area (Å²) in [6, 6.07) is 8.17. The van der Waals surface area contributed by atoms with Gasteiger partial charge in [-0.2, -0.15) is 0 Å². The Hall–Kier alpha value is -1.48. The van der Waals surface area contributed by atoms with Crippen molar-refractivity contribution in [3.63, 3.8) is 0 Å². The topological polar surface area (TPSA) is 0 Å². The normalized spacial score (nSPS) is 15.8. The lowest BCUT2D eigenvalue weighted by atomic mass is 9.92. The maximum absolute atomic E-state index is 5.48. The lowest BCUT2D eigenvalue weighted by molar-refractivity contribution is 0.602. The van der Waals surface area contributed by atoms with Crippen molar-refractivity contribution in [2.45, 2.75) is 32.1 Å². The fraction of sp³-hybridized carbons (Fsp3) is 0.333. The molecule has 1 aromatic carbocycles. The number of hydrogen-bond donors (Lipinski definition) is 0. The van der Waals surface area contributed by atoms with Crippen LogP contribution in [0.4, 0.5) is 0 Å². The molecule has 0 aliphatic heterocycles. The molecule has 0 spiro atoms. The number of rotatable bonds is 1. The number of benzene rings is 1. The fourth-order valence-corrected chi connectivity index (χ4v) is 2.12. The molecule has 0 amide bonds. The highest BCUT2D eigenvalue weighted by Gasteiger charge is 2.05. The molecule has 1 aliphatic rings. The summed E-state index contributed by atoms with van der Waals surface area (Å²) in [5, 5.41) is 0. The summed E-state index contributed by atoms with van der Waals surface area (Å²) in [4.78, 5) is 0. The van der Waals surface area contributed by atoms with Gasteiger partial charge in [0, 0.05) is 5.56 Å². The molecule has 0 nitrogen and oxygen atoms in total. The Kier molecular flexibility index (Phi) is 3.25. The second kappa shape index (κ2) is 4.84. The van der Waals surface area contributed by atoms with Crippen molar-refractivity contribution in [1.82, 2.24) is 0 Å². The van der Waals surface area contributed by atoms with E-state index < -0.39 is 0 Å². The predicted octanol–water partition coefficient (Wildman–Crippen LogP) is 4.02. The minimum absolute atomic E-state index is 1.01. The molecule has 1 aromatic rings. The SMILES string of the molecule is C#Cc1ccccc1C=C1CCCCC1. The second-order valence-electron chi connectivity index (χ2n) is 4.09. The summed E-state index contributed by atoms with van der Waals surface area (Å²) in [5.41, 5.74) is 3.77. The van der Waals surface area contributed by atoms with Crippen molar-refractivity contribution in [2.24, 2.45) is 0 Å². The quantitative estimate of drug-likeness (QED) is 0.595. The Labute approximate surface area is 92.0 Å². The van der Waals surface area contributed by atoms with E-state index in [1.54, 1.807) is 5.57 Å². The molecule has 0 heteroatoms. The second-order valence-corrected chi connectivity index (χ2v) is 4.09. The van der Waals surface area contributed by atoms with Crippen molar-refractivity contribution in [2.75, 3.05) is 0 Å². The van der Waals surface area contributed by atoms with Crippen LogP contribution in [0.5, 0.6) is 0 Å². The molecule has 15 heavy (non-hydrogen) atoms. The maximum Gasteiger partial charge on any atom is 0.0315 e. The fourth-order valence-electron chi connectivity index (χ4n) is 2.12. The molecule has 1 saturated carbocycles. The van der Waals surface area contributed by atoms with Crippen LogP contribution in [0.15, 0.2) is 29.8 Å². The number of allylic oxidation sites excluding steroid dienone is 1. The first-order valence-electron chi connectivity index (χ1n) is 5.65. The van der Waals surface area contributed by atoms with Crippen molar-refractivity contribution < 1.29 is 0 Å². The van der Waals surface area contributed by atoms with E-state index in [4.69, 9.17) is 6.42 Å². The molecule has 2 rings (SSSR count). The molecule has 1 fully saturated rings. The highest BCUT2D eigenvalue weighted by atomic mass is 14.1. The molecule has 0 unspecified atom stereocenters. The smallest absolute Gasteiger partial charge is 0.0315 e. The molecule has 0 bridgehead atoms. The summed E-state index contributed by atoms with van der Waals surface area (Å²) >= 11 is 0. The van der Waals surface area contributed by atoms with Gasteiger partial charge in [0.05, 0.1) is 0 Å². The molecule has 1 aliphatic carbocycles. The van der Waals surface area contributed by atoms with Gasteiger partial charge in [0.25, 0.3) is 0 Å². The van der Waals surface area contributed by atoms with Gasteiger partial charge in [0.1, 0.15) is 0 Å². The van der Waals surface area contributed by atoms with Crippen LogP contribution in [-0.4, -0.2) is 0 Å². The van der Waals surface area contributed by atoms with Crippen molar-refractivity contribution in [3.05, 3.63) is 41.0 Å². The van der Waals surface area contributed by atoms with E-state index >= 15 is 0 Å². The van der Waals surface area contributed by atoms with Gasteiger partial charge >= 0.3 is 0 Å². The summed E-state index contributed by atoms with van der Waals surface area (Å²) in [5.74, 6) is 2.74. The number of hydrogen-bond acceptors (Lipinski definition) is 0. The van der Waals surface area contributed by atoms with E-state index in [0.717, 1.165) is 5.56 Å². The standard InChI is InChI=1S/C15H16/c1-2-14-10-6-7-11-15(14)12-13-8-4-3-5-9-13/h1,6-7,10-12H,3-5,8-9H2. The van der Waals surface area contributed by atoms with Crippen LogP contribution in [0.3, 0.4) is 0 Å².